The first kappa shape index (κ1) is 33.4. The van der Waals surface area contributed by atoms with Gasteiger partial charge in [-0.1, -0.05) is 31.1 Å². The molecule has 4 heterocycles. The number of halogens is 1. The third-order valence-electron chi connectivity index (χ3n) is 9.39. The molecule has 3 aliphatic heterocycles. The van der Waals surface area contributed by atoms with Crippen LogP contribution in [0.2, 0.25) is 0 Å². The molecule has 1 aromatic carbocycles. The van der Waals surface area contributed by atoms with Crippen molar-refractivity contribution >= 4 is 34.8 Å². The molecule has 6 atom stereocenters. The molecule has 1 saturated carbocycles. The number of hydrogen-bond acceptors (Lipinski definition) is 9. The van der Waals surface area contributed by atoms with Crippen LogP contribution in [0.25, 0.3) is 10.9 Å². The number of carboxylic acids is 1. The lowest BCUT2D eigenvalue weighted by Gasteiger charge is -2.29. The van der Waals surface area contributed by atoms with Crippen molar-refractivity contribution in [3.05, 3.63) is 42.2 Å². The summed E-state index contributed by atoms with van der Waals surface area (Å²) in [7, 11) is 0. The first-order valence-corrected chi connectivity index (χ1v) is 16.6. The van der Waals surface area contributed by atoms with Gasteiger partial charge in [0.2, 0.25) is 17.7 Å². The van der Waals surface area contributed by atoms with Crippen LogP contribution in [-0.2, 0) is 23.9 Å². The van der Waals surface area contributed by atoms with Gasteiger partial charge in [0.05, 0.1) is 26.4 Å². The Labute approximate surface area is 277 Å². The van der Waals surface area contributed by atoms with E-state index in [0.717, 1.165) is 19.3 Å². The lowest BCUT2D eigenvalue weighted by atomic mass is 10.0. The van der Waals surface area contributed by atoms with Gasteiger partial charge >= 0.3 is 12.1 Å². The van der Waals surface area contributed by atoms with Crippen LogP contribution in [0, 0.1) is 11.7 Å². The molecule has 0 spiro atoms. The summed E-state index contributed by atoms with van der Waals surface area (Å²) < 4.78 is 37.5. The second-order valence-corrected chi connectivity index (χ2v) is 12.7. The molecule has 1 aromatic heterocycles. The van der Waals surface area contributed by atoms with Crippen molar-refractivity contribution in [2.45, 2.75) is 88.1 Å². The summed E-state index contributed by atoms with van der Waals surface area (Å²) in [6.07, 6.45) is 5.92. The van der Waals surface area contributed by atoms with E-state index in [4.69, 9.17) is 18.9 Å². The summed E-state index contributed by atoms with van der Waals surface area (Å²) in [6.45, 7) is 2.76. The highest BCUT2D eigenvalue weighted by Gasteiger charge is 2.61. The number of carboxylic acid groups (broad SMARTS) is 1. The van der Waals surface area contributed by atoms with Gasteiger partial charge in [0, 0.05) is 30.2 Å². The Hall–Kier alpha value is -4.46. The Kier molecular flexibility index (Phi) is 9.99. The van der Waals surface area contributed by atoms with Crippen LogP contribution in [-0.4, -0.2) is 95.1 Å². The topological polar surface area (TPSA) is 166 Å². The number of nitrogens with zero attached hydrogens (tertiary/aromatic N) is 2. The molecule has 258 valence electrons. The van der Waals surface area contributed by atoms with Gasteiger partial charge in [-0.25, -0.2) is 19.0 Å². The fourth-order valence-corrected chi connectivity index (χ4v) is 6.74. The van der Waals surface area contributed by atoms with Crippen molar-refractivity contribution in [3.8, 4) is 11.6 Å². The average molecular weight is 669 g/mol. The van der Waals surface area contributed by atoms with Crippen molar-refractivity contribution in [1.82, 2.24) is 20.5 Å². The number of benzene rings is 1. The number of carbonyl (C=O) groups excluding carboxylic acids is 3. The lowest BCUT2D eigenvalue weighted by molar-refractivity contribution is -0.145. The van der Waals surface area contributed by atoms with Crippen molar-refractivity contribution in [1.29, 1.82) is 0 Å². The lowest BCUT2D eigenvalue weighted by Crippen LogP contribution is -2.56. The van der Waals surface area contributed by atoms with Crippen molar-refractivity contribution in [3.63, 3.8) is 0 Å². The number of aromatic nitrogens is 1. The monoisotopic (exact) mass is 668 g/mol. The number of amides is 3. The molecule has 14 heteroatoms. The van der Waals surface area contributed by atoms with Gasteiger partial charge in [-0.05, 0) is 44.7 Å². The van der Waals surface area contributed by atoms with Crippen LogP contribution in [0.1, 0.15) is 58.3 Å². The van der Waals surface area contributed by atoms with E-state index in [0.29, 0.717) is 31.3 Å². The van der Waals surface area contributed by atoms with E-state index in [1.165, 1.54) is 23.1 Å². The van der Waals surface area contributed by atoms with E-state index in [1.807, 2.05) is 12.2 Å². The van der Waals surface area contributed by atoms with Gasteiger partial charge in [-0.2, -0.15) is 0 Å². The maximum atomic E-state index is 14.8. The Morgan fingerprint density at radius 1 is 1.21 bits per heavy atom. The summed E-state index contributed by atoms with van der Waals surface area (Å²) in [5.74, 6) is -2.82. The second-order valence-electron chi connectivity index (χ2n) is 12.7. The molecule has 48 heavy (non-hydrogen) atoms. The predicted molar refractivity (Wildman–Crippen MR) is 169 cm³/mol. The molecule has 0 bridgehead atoms. The minimum Gasteiger partial charge on any atom is -0.488 e. The van der Waals surface area contributed by atoms with Crippen LogP contribution < -0.4 is 20.1 Å². The first-order chi connectivity index (χ1) is 23.2. The number of hydrogen-bond donors (Lipinski definition) is 3. The fraction of sp³-hybridized carbons (Fsp3) is 0.559. The van der Waals surface area contributed by atoms with E-state index in [2.05, 4.69) is 15.6 Å². The molecule has 3 fully saturated rings. The third kappa shape index (κ3) is 7.18. The Morgan fingerprint density at radius 2 is 2.06 bits per heavy atom. The van der Waals surface area contributed by atoms with Crippen molar-refractivity contribution in [2.75, 3.05) is 26.4 Å². The summed E-state index contributed by atoms with van der Waals surface area (Å²) in [5.41, 5.74) is -1.43. The smallest absolute Gasteiger partial charge is 0.408 e. The minimum atomic E-state index is -1.47. The van der Waals surface area contributed by atoms with Crippen LogP contribution in [0.5, 0.6) is 11.6 Å². The maximum Gasteiger partial charge on any atom is 0.408 e. The second kappa shape index (κ2) is 14.3. The standard InChI is InChI=1S/C34H41FN4O9/c1-2-46-28-16-27(23-10-8-11-24(35)29(23)37-28)47-22-15-26-30(40)38-34(32(42)43)17-20(34)9-6-4-3-5-7-12-25(31(41)39(26)18-22)36-33(44)48-21-13-14-45-19-21/h6,8-11,16,20-22,25-26H,2-5,7,12-15,17-19H2,1H3,(H,36,44)(H,38,40)(H,42,43)/b9-6-/t20-,21?,22-,25+,26+,34-/m1/s1. The van der Waals surface area contributed by atoms with E-state index < -0.39 is 59.5 Å². The van der Waals surface area contributed by atoms with E-state index in [-0.39, 0.29) is 55.7 Å². The zero-order valence-corrected chi connectivity index (χ0v) is 26.8. The number of aliphatic carboxylic acids is 1. The quantitative estimate of drug-likeness (QED) is 0.372. The van der Waals surface area contributed by atoms with Crippen LogP contribution in [0.3, 0.4) is 0 Å². The largest absolute Gasteiger partial charge is 0.488 e. The number of allylic oxidation sites excluding steroid dienone is 1. The zero-order valence-electron chi connectivity index (χ0n) is 26.8. The van der Waals surface area contributed by atoms with Gasteiger partial charge in [0.25, 0.3) is 0 Å². The van der Waals surface area contributed by atoms with Crippen molar-refractivity contribution in [2.24, 2.45) is 5.92 Å². The van der Waals surface area contributed by atoms with Crippen LogP contribution in [0.15, 0.2) is 36.4 Å². The van der Waals surface area contributed by atoms with Crippen molar-refractivity contribution < 1.29 is 47.6 Å². The number of fused-ring (bicyclic) bond motifs is 3. The van der Waals surface area contributed by atoms with E-state index >= 15 is 0 Å². The predicted octanol–water partition coefficient (Wildman–Crippen LogP) is 3.48. The Bertz CT molecular complexity index is 1580. The van der Waals surface area contributed by atoms with Gasteiger partial charge in [0.1, 0.15) is 46.9 Å². The molecular formula is C34H41FN4O9. The van der Waals surface area contributed by atoms with Gasteiger partial charge < -0.3 is 39.6 Å². The molecule has 1 aliphatic carbocycles. The summed E-state index contributed by atoms with van der Waals surface area (Å²) in [4.78, 5) is 59.1. The highest BCUT2D eigenvalue weighted by molar-refractivity contribution is 5.96. The summed E-state index contributed by atoms with van der Waals surface area (Å²) in [5, 5.41) is 16.0. The summed E-state index contributed by atoms with van der Waals surface area (Å²) >= 11 is 0. The number of carbonyl (C=O) groups is 4. The maximum absolute atomic E-state index is 14.8. The molecule has 13 nitrogen and oxygen atoms in total. The number of alkyl carbamates (subject to hydrolysis) is 1. The highest BCUT2D eigenvalue weighted by Crippen LogP contribution is 2.45. The number of para-hydroxylation sites is 1. The molecular weight excluding hydrogens is 627 g/mol. The molecule has 3 N–H and O–H groups in total. The minimum absolute atomic E-state index is 0.0213. The SMILES string of the molecule is CCOc1cc(O[C@@H]2C[C@H]3C(=O)N[C@]4(C(=O)O)C[C@H]4/C=C\CCCCC[C@H](NC(=O)OC4CCOC4)C(=O)N3C2)c2cccc(F)c2n1. The number of ether oxygens (including phenoxy) is 4. The molecule has 3 amide bonds. The Balaban J connectivity index is 1.30. The van der Waals surface area contributed by atoms with Crippen LogP contribution in [0.4, 0.5) is 9.18 Å². The number of nitrogens with one attached hydrogen (secondary N) is 2. The van der Waals surface area contributed by atoms with Gasteiger partial charge in [0.15, 0.2) is 0 Å². The Morgan fingerprint density at radius 3 is 2.83 bits per heavy atom. The average Bonchev–Trinajstić information content (AvgIpc) is 3.34. The van der Waals surface area contributed by atoms with Gasteiger partial charge in [-0.3, -0.25) is 9.59 Å². The molecule has 6 rings (SSSR count). The molecule has 2 aromatic rings. The molecule has 1 unspecified atom stereocenters. The third-order valence-corrected chi connectivity index (χ3v) is 9.39. The highest BCUT2D eigenvalue weighted by atomic mass is 19.1. The first-order valence-electron chi connectivity index (χ1n) is 16.6. The normalized spacial score (nSPS) is 29.9. The van der Waals surface area contributed by atoms with Gasteiger partial charge in [-0.15, -0.1) is 0 Å². The fourth-order valence-electron chi connectivity index (χ4n) is 6.74. The molecule has 0 radical (unpaired) electrons. The van der Waals surface area contributed by atoms with E-state index in [9.17, 15) is 28.7 Å². The number of pyridine rings is 1. The molecule has 4 aliphatic rings. The van der Waals surface area contributed by atoms with Crippen LogP contribution >= 0.6 is 0 Å². The molecule has 2 saturated heterocycles. The van der Waals surface area contributed by atoms with E-state index in [1.54, 1.807) is 13.0 Å². The zero-order chi connectivity index (χ0) is 33.8. The summed E-state index contributed by atoms with van der Waals surface area (Å²) in [6, 6.07) is 3.89. The number of rotatable bonds is 7.